The molecule has 0 saturated heterocycles. The smallest absolute Gasteiger partial charge is 0.458 e. The van der Waals surface area contributed by atoms with Gasteiger partial charge in [-0.3, -0.25) is 4.79 Å². The van der Waals surface area contributed by atoms with Crippen LogP contribution in [0.5, 0.6) is 0 Å². The first-order valence-corrected chi connectivity index (χ1v) is 8.62. The number of ether oxygens (including phenoxy) is 2. The standard InChI is InChI=1S/C15H18F4N2O4S/c1-4-25-12(22)10-8-5-6-21(2)7-9(8)26-11(10)20-13(23)14(16,24-3)15(17,18)19/h4-7H2,1-3H3,(H,20,23)/p+1/t14-/m1/s1. The number of amides is 1. The minimum atomic E-state index is -5.57. The second-order valence-electron chi connectivity index (χ2n) is 5.81. The van der Waals surface area contributed by atoms with E-state index in [0.717, 1.165) is 21.1 Å². The predicted molar refractivity (Wildman–Crippen MR) is 85.0 cm³/mol. The van der Waals surface area contributed by atoms with Crippen molar-refractivity contribution in [2.75, 3.05) is 32.6 Å². The summed E-state index contributed by atoms with van der Waals surface area (Å²) in [6, 6.07) is 0. The third-order valence-corrected chi connectivity index (χ3v) is 5.15. The molecule has 2 N–H and O–H groups in total. The highest BCUT2D eigenvalue weighted by Crippen LogP contribution is 2.39. The number of halogens is 4. The van der Waals surface area contributed by atoms with Gasteiger partial charge in [-0.05, 0) is 12.5 Å². The van der Waals surface area contributed by atoms with E-state index in [2.05, 4.69) is 4.74 Å². The first-order valence-electron chi connectivity index (χ1n) is 7.80. The third-order valence-electron chi connectivity index (χ3n) is 4.00. The van der Waals surface area contributed by atoms with Crippen LogP contribution in [0.4, 0.5) is 22.6 Å². The van der Waals surface area contributed by atoms with Gasteiger partial charge in [-0.25, -0.2) is 4.79 Å². The van der Waals surface area contributed by atoms with Crippen LogP contribution in [-0.2, 0) is 27.2 Å². The molecule has 2 rings (SSSR count). The SMILES string of the molecule is CCOC(=O)c1c(NC(=O)[C@@](F)(OC)C(F)(F)F)sc2c1CC[NH+](C)C2. The molecular formula is C15H19F4N2O4S+. The summed E-state index contributed by atoms with van der Waals surface area (Å²) in [7, 11) is 2.36. The second-order valence-corrected chi connectivity index (χ2v) is 6.92. The number of alkyl halides is 4. The number of methoxy groups -OCH3 is 1. The van der Waals surface area contributed by atoms with Gasteiger partial charge in [-0.1, -0.05) is 0 Å². The average Bonchev–Trinajstić information content (AvgIpc) is 2.89. The van der Waals surface area contributed by atoms with Gasteiger partial charge in [0.2, 0.25) is 0 Å². The molecule has 0 bridgehead atoms. The number of esters is 1. The monoisotopic (exact) mass is 399 g/mol. The highest BCUT2D eigenvalue weighted by Gasteiger charge is 2.63. The molecule has 0 saturated carbocycles. The van der Waals surface area contributed by atoms with Gasteiger partial charge in [0.15, 0.2) is 0 Å². The lowest BCUT2D eigenvalue weighted by Crippen LogP contribution is -3.08. The number of anilines is 1. The Morgan fingerprint density at radius 2 is 1.96 bits per heavy atom. The van der Waals surface area contributed by atoms with Crippen LogP contribution in [0.2, 0.25) is 0 Å². The topological polar surface area (TPSA) is 69.1 Å². The van der Waals surface area contributed by atoms with Crippen LogP contribution in [0.3, 0.4) is 0 Å². The number of likely N-dealkylation sites (N-methyl/N-ethyl adjacent to an activating group) is 1. The molecule has 1 aliphatic heterocycles. The minimum Gasteiger partial charge on any atom is -0.462 e. The summed E-state index contributed by atoms with van der Waals surface area (Å²) in [6.45, 7) is 2.87. The van der Waals surface area contributed by atoms with Crippen LogP contribution < -0.4 is 10.2 Å². The van der Waals surface area contributed by atoms with Gasteiger partial charge >= 0.3 is 23.9 Å². The molecule has 2 atom stereocenters. The summed E-state index contributed by atoms with van der Waals surface area (Å²) in [5, 5.41) is 1.70. The Kier molecular flexibility index (Phi) is 5.93. The van der Waals surface area contributed by atoms with Gasteiger partial charge in [0, 0.05) is 13.5 Å². The lowest BCUT2D eigenvalue weighted by Gasteiger charge is -2.24. The molecule has 0 aliphatic carbocycles. The van der Waals surface area contributed by atoms with E-state index in [1.807, 2.05) is 12.4 Å². The Morgan fingerprint density at radius 3 is 2.50 bits per heavy atom. The van der Waals surface area contributed by atoms with E-state index in [0.29, 0.717) is 32.2 Å². The number of carbonyl (C=O) groups excluding carboxylic acids is 2. The first kappa shape index (κ1) is 20.6. The summed E-state index contributed by atoms with van der Waals surface area (Å²) in [4.78, 5) is 26.1. The first-order chi connectivity index (χ1) is 12.0. The number of nitrogens with one attached hydrogen (secondary N) is 2. The Hall–Kier alpha value is -1.72. The van der Waals surface area contributed by atoms with Gasteiger partial charge < -0.3 is 19.7 Å². The predicted octanol–water partition coefficient (Wildman–Crippen LogP) is 1.31. The van der Waals surface area contributed by atoms with Crippen molar-refractivity contribution in [2.24, 2.45) is 0 Å². The highest BCUT2D eigenvalue weighted by atomic mass is 32.1. The van der Waals surface area contributed by atoms with Gasteiger partial charge in [0.1, 0.15) is 11.5 Å². The molecule has 2 heterocycles. The van der Waals surface area contributed by atoms with Crippen molar-refractivity contribution in [3.05, 3.63) is 16.0 Å². The van der Waals surface area contributed by atoms with E-state index in [1.54, 1.807) is 6.92 Å². The normalized spacial score (nSPS) is 19.4. The molecule has 0 fully saturated rings. The van der Waals surface area contributed by atoms with Crippen molar-refractivity contribution in [3.63, 3.8) is 0 Å². The van der Waals surface area contributed by atoms with Crippen molar-refractivity contribution in [1.29, 1.82) is 0 Å². The maximum absolute atomic E-state index is 14.1. The molecule has 1 amide bonds. The number of carbonyl (C=O) groups is 2. The van der Waals surface area contributed by atoms with Crippen molar-refractivity contribution in [3.8, 4) is 0 Å². The maximum Gasteiger partial charge on any atom is 0.458 e. The number of thiophene rings is 1. The minimum absolute atomic E-state index is 0.0201. The third kappa shape index (κ3) is 3.69. The molecule has 0 radical (unpaired) electrons. The molecule has 0 aromatic carbocycles. The molecule has 1 unspecified atom stereocenters. The summed E-state index contributed by atoms with van der Waals surface area (Å²) in [5.41, 5.74) is 0.594. The lowest BCUT2D eigenvalue weighted by atomic mass is 10.0. The maximum atomic E-state index is 14.1. The molecule has 6 nitrogen and oxygen atoms in total. The fourth-order valence-corrected chi connectivity index (χ4v) is 3.99. The molecule has 1 aromatic heterocycles. The van der Waals surface area contributed by atoms with Crippen molar-refractivity contribution in [1.82, 2.24) is 0 Å². The number of fused-ring (bicyclic) bond motifs is 1. The lowest BCUT2D eigenvalue weighted by molar-refractivity contribution is -0.895. The van der Waals surface area contributed by atoms with E-state index in [-0.39, 0.29) is 17.2 Å². The van der Waals surface area contributed by atoms with Crippen LogP contribution in [0.25, 0.3) is 0 Å². The van der Waals surface area contributed by atoms with Crippen molar-refractivity contribution < 1.29 is 41.5 Å². The van der Waals surface area contributed by atoms with E-state index in [4.69, 9.17) is 4.74 Å². The van der Waals surface area contributed by atoms with Gasteiger partial charge in [-0.2, -0.15) is 17.6 Å². The fourth-order valence-electron chi connectivity index (χ4n) is 2.65. The van der Waals surface area contributed by atoms with E-state index < -0.39 is 23.9 Å². The molecule has 1 aliphatic rings. The largest absolute Gasteiger partial charge is 0.462 e. The quantitative estimate of drug-likeness (QED) is 0.579. The van der Waals surface area contributed by atoms with E-state index in [9.17, 15) is 27.2 Å². The Balaban J connectivity index is 2.43. The zero-order valence-corrected chi connectivity index (χ0v) is 15.2. The van der Waals surface area contributed by atoms with Crippen LogP contribution >= 0.6 is 11.3 Å². The Labute approximate surface area is 151 Å². The summed E-state index contributed by atoms with van der Waals surface area (Å²) < 4.78 is 61.4. The van der Waals surface area contributed by atoms with E-state index >= 15 is 0 Å². The molecule has 11 heteroatoms. The van der Waals surface area contributed by atoms with Gasteiger partial charge in [-0.15, -0.1) is 11.3 Å². The van der Waals surface area contributed by atoms with Crippen LogP contribution in [0.15, 0.2) is 0 Å². The number of quaternary nitrogens is 1. The van der Waals surface area contributed by atoms with Crippen LogP contribution in [-0.4, -0.2) is 51.2 Å². The van der Waals surface area contributed by atoms with E-state index in [1.165, 1.54) is 0 Å². The summed E-state index contributed by atoms with van der Waals surface area (Å²) in [5.74, 6) is -7.34. The summed E-state index contributed by atoms with van der Waals surface area (Å²) >= 11 is 0.942. The highest BCUT2D eigenvalue weighted by molar-refractivity contribution is 7.17. The fraction of sp³-hybridized carbons (Fsp3) is 0.600. The summed E-state index contributed by atoms with van der Waals surface area (Å²) in [6.07, 6.45) is -5.08. The Morgan fingerprint density at radius 1 is 1.31 bits per heavy atom. The Bertz CT molecular complexity index is 707. The average molecular weight is 399 g/mol. The zero-order chi connectivity index (χ0) is 19.7. The molecular weight excluding hydrogens is 380 g/mol. The molecule has 26 heavy (non-hydrogen) atoms. The van der Waals surface area contributed by atoms with Crippen molar-refractivity contribution >= 4 is 28.2 Å². The number of hydrogen-bond acceptors (Lipinski definition) is 5. The molecule has 146 valence electrons. The number of rotatable bonds is 5. The second kappa shape index (κ2) is 7.49. The van der Waals surface area contributed by atoms with Gasteiger partial charge in [0.25, 0.3) is 0 Å². The van der Waals surface area contributed by atoms with Crippen LogP contribution in [0, 0.1) is 0 Å². The van der Waals surface area contributed by atoms with Gasteiger partial charge in [0.05, 0.1) is 30.6 Å². The number of hydrogen-bond donors (Lipinski definition) is 2. The zero-order valence-electron chi connectivity index (χ0n) is 14.4. The van der Waals surface area contributed by atoms with Crippen molar-refractivity contribution in [2.45, 2.75) is 31.9 Å². The molecule has 1 aromatic rings. The molecule has 0 spiro atoms. The van der Waals surface area contributed by atoms with Crippen LogP contribution in [0.1, 0.15) is 27.7 Å².